The number of imidazole rings is 1. The van der Waals surface area contributed by atoms with Gasteiger partial charge in [-0.1, -0.05) is 36.4 Å². The zero-order chi connectivity index (χ0) is 27.8. The van der Waals surface area contributed by atoms with Crippen molar-refractivity contribution in [3.05, 3.63) is 82.9 Å². The number of anilines is 1. The number of nitrogens with zero attached hydrogens (tertiary/aromatic N) is 1. The number of carbonyl (C=O) groups excluding carboxylic acids is 2. The van der Waals surface area contributed by atoms with Crippen LogP contribution < -0.4 is 10.6 Å². The summed E-state index contributed by atoms with van der Waals surface area (Å²) in [6.07, 6.45) is 12.5. The summed E-state index contributed by atoms with van der Waals surface area (Å²) in [5.41, 5.74) is 3.75. The molecule has 2 aromatic carbocycles. The highest BCUT2D eigenvalue weighted by atomic mass is 16.5. The summed E-state index contributed by atoms with van der Waals surface area (Å²) in [4.78, 5) is 34.8. The van der Waals surface area contributed by atoms with Gasteiger partial charge < -0.3 is 20.4 Å². The first-order valence-corrected chi connectivity index (χ1v) is 15.5. The number of amides is 1. The molecule has 1 saturated heterocycles. The normalized spacial score (nSPS) is 28.1. The Labute approximate surface area is 241 Å². The van der Waals surface area contributed by atoms with Gasteiger partial charge in [-0.05, 0) is 118 Å². The van der Waals surface area contributed by atoms with Gasteiger partial charge in [-0.25, -0.2) is 9.78 Å². The summed E-state index contributed by atoms with van der Waals surface area (Å²) in [7, 11) is 0. The topological polar surface area (TPSA) is 96.1 Å². The quantitative estimate of drug-likeness (QED) is 0.260. The molecule has 1 unspecified atom stereocenters. The molecule has 4 aliphatic carbocycles. The van der Waals surface area contributed by atoms with Gasteiger partial charge in [0, 0.05) is 11.4 Å². The monoisotopic (exact) mass is 552 g/mol. The second kappa shape index (κ2) is 11.1. The van der Waals surface area contributed by atoms with Crippen LogP contribution in [0.15, 0.2) is 54.6 Å². The summed E-state index contributed by atoms with van der Waals surface area (Å²) in [5.74, 6) is 2.95. The molecule has 2 heterocycles. The zero-order valence-corrected chi connectivity index (χ0v) is 23.7. The van der Waals surface area contributed by atoms with Crippen LogP contribution >= 0.6 is 0 Å². The second-order valence-electron chi connectivity index (χ2n) is 13.1. The Morgan fingerprint density at radius 1 is 0.976 bits per heavy atom. The van der Waals surface area contributed by atoms with Gasteiger partial charge in [0.1, 0.15) is 18.1 Å². The van der Waals surface area contributed by atoms with Crippen molar-refractivity contribution < 1.29 is 14.3 Å². The maximum atomic E-state index is 13.6. The third-order valence-electron chi connectivity index (χ3n) is 10.0. The Kier molecular flexibility index (Phi) is 7.15. The van der Waals surface area contributed by atoms with E-state index in [2.05, 4.69) is 15.6 Å². The van der Waals surface area contributed by atoms with Gasteiger partial charge in [-0.2, -0.15) is 0 Å². The molecule has 1 amide bonds. The van der Waals surface area contributed by atoms with Gasteiger partial charge in [0.25, 0.3) is 5.91 Å². The largest absolute Gasteiger partial charge is 0.457 e. The molecule has 214 valence electrons. The maximum absolute atomic E-state index is 13.6. The molecule has 8 rings (SSSR count). The molecular weight excluding hydrogens is 512 g/mol. The number of carbonyl (C=O) groups is 2. The molecule has 3 N–H and O–H groups in total. The maximum Gasteiger partial charge on any atom is 0.338 e. The SMILES string of the molecule is O=C(OCc1ccccc1)c1cccc(NC(=O)c2nc(C3CCCN3)[nH]c2CCC23CC4CC(CC(C4)C2)C3)c1. The molecular formula is C34H40N4O3. The van der Waals surface area contributed by atoms with Gasteiger partial charge in [0.15, 0.2) is 0 Å². The van der Waals surface area contributed by atoms with E-state index in [0.29, 0.717) is 22.4 Å². The summed E-state index contributed by atoms with van der Waals surface area (Å²) in [6, 6.07) is 16.7. The Balaban J connectivity index is 1.06. The van der Waals surface area contributed by atoms with Gasteiger partial charge in [0.05, 0.1) is 11.6 Å². The highest BCUT2D eigenvalue weighted by molar-refractivity contribution is 6.04. The average Bonchev–Trinajstić information content (AvgIpc) is 3.66. The first kappa shape index (κ1) is 26.4. The fraction of sp³-hybridized carbons (Fsp3) is 0.500. The van der Waals surface area contributed by atoms with E-state index in [-0.39, 0.29) is 18.6 Å². The van der Waals surface area contributed by atoms with Gasteiger partial charge in [-0.3, -0.25) is 4.79 Å². The van der Waals surface area contributed by atoms with Crippen LogP contribution in [0.2, 0.25) is 0 Å². The zero-order valence-electron chi connectivity index (χ0n) is 23.7. The smallest absolute Gasteiger partial charge is 0.338 e. The number of benzene rings is 2. The van der Waals surface area contributed by atoms with Gasteiger partial charge in [-0.15, -0.1) is 0 Å². The van der Waals surface area contributed by atoms with E-state index in [1.165, 1.54) is 38.5 Å². The molecule has 7 heteroatoms. The molecule has 1 atom stereocenters. The van der Waals surface area contributed by atoms with E-state index < -0.39 is 5.97 Å². The highest BCUT2D eigenvalue weighted by Gasteiger charge is 2.50. The molecule has 41 heavy (non-hydrogen) atoms. The van der Waals surface area contributed by atoms with E-state index in [4.69, 9.17) is 9.72 Å². The second-order valence-corrected chi connectivity index (χ2v) is 13.1. The first-order chi connectivity index (χ1) is 20.0. The predicted octanol–water partition coefficient (Wildman–Crippen LogP) is 6.59. The standard InChI is InChI=1S/C34H40N4O3/c39-32(36-27-9-4-8-26(17-27)33(40)41-21-22-6-2-1-3-7-22)30-28(37-31(38-30)29-10-5-13-35-29)11-12-34-18-23-14-24(19-34)16-25(15-23)20-34/h1-4,6-9,17,23-25,29,35H,5,10-16,18-21H2,(H,36,39)(H,37,38). The van der Waals surface area contributed by atoms with E-state index in [9.17, 15) is 9.59 Å². The number of nitrogens with one attached hydrogen (secondary N) is 3. The molecule has 1 aliphatic heterocycles. The Hall–Kier alpha value is -3.45. The van der Waals surface area contributed by atoms with E-state index in [0.717, 1.165) is 67.1 Å². The van der Waals surface area contributed by atoms with Crippen LogP contribution in [0.5, 0.6) is 0 Å². The number of hydrogen-bond acceptors (Lipinski definition) is 5. The number of aromatic nitrogens is 2. The fourth-order valence-electron chi connectivity index (χ4n) is 8.59. The van der Waals surface area contributed by atoms with E-state index >= 15 is 0 Å². The number of rotatable bonds is 9. The number of hydrogen-bond donors (Lipinski definition) is 3. The lowest BCUT2D eigenvalue weighted by Crippen LogP contribution is -2.46. The van der Waals surface area contributed by atoms with Crippen LogP contribution in [0, 0.1) is 23.2 Å². The Morgan fingerprint density at radius 3 is 2.44 bits per heavy atom. The van der Waals surface area contributed by atoms with Crippen LogP contribution in [-0.4, -0.2) is 28.4 Å². The minimum Gasteiger partial charge on any atom is -0.457 e. The summed E-state index contributed by atoms with van der Waals surface area (Å²) >= 11 is 0. The van der Waals surface area contributed by atoms with Crippen LogP contribution in [0.25, 0.3) is 0 Å². The van der Waals surface area contributed by atoms with E-state index in [1.54, 1.807) is 24.3 Å². The summed E-state index contributed by atoms with van der Waals surface area (Å²) < 4.78 is 5.49. The minimum atomic E-state index is -0.421. The van der Waals surface area contributed by atoms with Crippen molar-refractivity contribution >= 4 is 17.6 Å². The third-order valence-corrected chi connectivity index (χ3v) is 10.0. The number of aromatic amines is 1. The number of H-pyrrole nitrogens is 1. The third kappa shape index (κ3) is 5.69. The Bertz CT molecular complexity index is 1370. The summed E-state index contributed by atoms with van der Waals surface area (Å²) in [6.45, 7) is 1.18. The van der Waals surface area contributed by atoms with Gasteiger partial charge >= 0.3 is 5.97 Å². The van der Waals surface area contributed by atoms with Crippen molar-refractivity contribution in [3.63, 3.8) is 0 Å². The number of ether oxygens (including phenoxy) is 1. The number of esters is 1. The molecule has 5 aliphatic rings. The van der Waals surface area contributed by atoms with E-state index in [1.807, 2.05) is 30.3 Å². The van der Waals surface area contributed by atoms with Crippen LogP contribution in [0.4, 0.5) is 5.69 Å². The van der Waals surface area contributed by atoms with Crippen molar-refractivity contribution in [2.45, 2.75) is 76.9 Å². The van der Waals surface area contributed by atoms with Crippen molar-refractivity contribution in [3.8, 4) is 0 Å². The first-order valence-electron chi connectivity index (χ1n) is 15.5. The molecule has 4 bridgehead atoms. The molecule has 4 saturated carbocycles. The van der Waals surface area contributed by atoms with Crippen LogP contribution in [0.1, 0.15) is 102 Å². The molecule has 3 aromatic rings. The highest BCUT2D eigenvalue weighted by Crippen LogP contribution is 2.61. The predicted molar refractivity (Wildman–Crippen MR) is 157 cm³/mol. The molecule has 1 aromatic heterocycles. The lowest BCUT2D eigenvalue weighted by atomic mass is 9.48. The lowest BCUT2D eigenvalue weighted by Gasteiger charge is -2.57. The molecule has 5 fully saturated rings. The van der Waals surface area contributed by atoms with Crippen molar-refractivity contribution in [1.82, 2.24) is 15.3 Å². The lowest BCUT2D eigenvalue weighted by molar-refractivity contribution is -0.0570. The van der Waals surface area contributed by atoms with Crippen molar-refractivity contribution in [2.75, 3.05) is 11.9 Å². The Morgan fingerprint density at radius 2 is 1.73 bits per heavy atom. The van der Waals surface area contributed by atoms with Gasteiger partial charge in [0.2, 0.25) is 0 Å². The van der Waals surface area contributed by atoms with Crippen LogP contribution in [0.3, 0.4) is 0 Å². The van der Waals surface area contributed by atoms with Crippen molar-refractivity contribution in [1.29, 1.82) is 0 Å². The van der Waals surface area contributed by atoms with Crippen molar-refractivity contribution in [2.24, 2.45) is 23.2 Å². The number of aryl methyl sites for hydroxylation is 1. The summed E-state index contributed by atoms with van der Waals surface area (Å²) in [5, 5.41) is 6.54. The molecule has 0 radical (unpaired) electrons. The minimum absolute atomic E-state index is 0.164. The molecule has 0 spiro atoms. The average molecular weight is 553 g/mol. The molecule has 7 nitrogen and oxygen atoms in total. The fourth-order valence-corrected chi connectivity index (χ4v) is 8.59. The van der Waals surface area contributed by atoms with Crippen LogP contribution in [-0.2, 0) is 17.8 Å².